The van der Waals surface area contributed by atoms with E-state index in [2.05, 4.69) is 15.9 Å². The lowest BCUT2D eigenvalue weighted by Gasteiger charge is -2.39. The highest BCUT2D eigenvalue weighted by atomic mass is 79.9. The molecule has 3 heteroatoms. The number of fused-ring (bicyclic) bond motifs is 1. The molecule has 0 saturated heterocycles. The Hall–Kier alpha value is -0.0500. The van der Waals surface area contributed by atoms with Crippen molar-refractivity contribution in [1.82, 2.24) is 4.90 Å². The predicted octanol–water partition coefficient (Wildman–Crippen LogP) is 4.62. The van der Waals surface area contributed by atoms with Crippen molar-refractivity contribution in [3.8, 4) is 0 Å². The zero-order valence-electron chi connectivity index (χ0n) is 13.0. The zero-order valence-corrected chi connectivity index (χ0v) is 14.5. The van der Waals surface area contributed by atoms with E-state index in [0.29, 0.717) is 11.8 Å². The highest BCUT2D eigenvalue weighted by Crippen LogP contribution is 2.43. The van der Waals surface area contributed by atoms with Gasteiger partial charge in [-0.05, 0) is 43.9 Å². The van der Waals surface area contributed by atoms with Gasteiger partial charge in [0.15, 0.2) is 0 Å². The van der Waals surface area contributed by atoms with Crippen molar-refractivity contribution in [2.45, 2.75) is 64.2 Å². The van der Waals surface area contributed by atoms with Crippen LogP contribution in [-0.2, 0) is 4.79 Å². The van der Waals surface area contributed by atoms with Gasteiger partial charge >= 0.3 is 0 Å². The molecule has 0 aromatic carbocycles. The van der Waals surface area contributed by atoms with Crippen LogP contribution in [0.5, 0.6) is 0 Å². The SMILES string of the molecule is CN(CCCCCBr)C(=O)C1CCC2CCCCC2C1. The first-order chi connectivity index (χ1) is 9.72. The Balaban J connectivity index is 1.74. The van der Waals surface area contributed by atoms with Crippen molar-refractivity contribution in [2.24, 2.45) is 17.8 Å². The lowest BCUT2D eigenvalue weighted by Crippen LogP contribution is -2.38. The third-order valence-electron chi connectivity index (χ3n) is 5.39. The summed E-state index contributed by atoms with van der Waals surface area (Å²) in [5.41, 5.74) is 0. The Labute approximate surface area is 132 Å². The van der Waals surface area contributed by atoms with Crippen LogP contribution in [-0.4, -0.2) is 29.7 Å². The van der Waals surface area contributed by atoms with Gasteiger partial charge in [-0.1, -0.05) is 48.0 Å². The fraction of sp³-hybridized carbons (Fsp3) is 0.941. The molecule has 2 aliphatic carbocycles. The Kier molecular flexibility index (Phi) is 6.86. The minimum absolute atomic E-state index is 0.329. The van der Waals surface area contributed by atoms with Crippen LogP contribution in [0.2, 0.25) is 0 Å². The molecule has 20 heavy (non-hydrogen) atoms. The third-order valence-corrected chi connectivity index (χ3v) is 5.95. The van der Waals surface area contributed by atoms with E-state index in [1.165, 1.54) is 51.4 Å². The Morgan fingerprint density at radius 1 is 1.05 bits per heavy atom. The molecule has 0 spiro atoms. The molecule has 0 radical (unpaired) electrons. The molecule has 0 aliphatic heterocycles. The molecule has 2 aliphatic rings. The van der Waals surface area contributed by atoms with Crippen LogP contribution in [0.3, 0.4) is 0 Å². The first-order valence-electron chi connectivity index (χ1n) is 8.53. The molecule has 0 aromatic heterocycles. The summed E-state index contributed by atoms with van der Waals surface area (Å²) in [6, 6.07) is 0. The second-order valence-corrected chi connectivity index (χ2v) is 7.62. The number of carbonyl (C=O) groups excluding carboxylic acids is 1. The molecule has 0 bridgehead atoms. The van der Waals surface area contributed by atoms with Gasteiger partial charge < -0.3 is 4.90 Å². The number of rotatable bonds is 6. The average Bonchev–Trinajstić information content (AvgIpc) is 2.50. The molecular formula is C17H30BrNO. The van der Waals surface area contributed by atoms with Crippen molar-refractivity contribution in [3.05, 3.63) is 0 Å². The number of hydrogen-bond acceptors (Lipinski definition) is 1. The molecule has 2 saturated carbocycles. The van der Waals surface area contributed by atoms with Gasteiger partial charge in [0.2, 0.25) is 5.91 Å². The van der Waals surface area contributed by atoms with Crippen LogP contribution in [0, 0.1) is 17.8 Å². The molecule has 0 N–H and O–H groups in total. The fourth-order valence-electron chi connectivity index (χ4n) is 4.14. The summed E-state index contributed by atoms with van der Waals surface area (Å²) in [6.07, 6.45) is 12.8. The van der Waals surface area contributed by atoms with Gasteiger partial charge in [-0.2, -0.15) is 0 Å². The number of carbonyl (C=O) groups is 1. The summed E-state index contributed by atoms with van der Waals surface area (Å²) in [4.78, 5) is 14.6. The van der Waals surface area contributed by atoms with E-state index in [4.69, 9.17) is 0 Å². The largest absolute Gasteiger partial charge is 0.346 e. The molecule has 116 valence electrons. The lowest BCUT2D eigenvalue weighted by atomic mass is 9.67. The average molecular weight is 344 g/mol. The normalized spacial score (nSPS) is 29.8. The molecule has 3 atom stereocenters. The topological polar surface area (TPSA) is 20.3 Å². The van der Waals surface area contributed by atoms with E-state index >= 15 is 0 Å². The van der Waals surface area contributed by atoms with E-state index in [-0.39, 0.29) is 0 Å². The number of hydrogen-bond donors (Lipinski definition) is 0. The summed E-state index contributed by atoms with van der Waals surface area (Å²) < 4.78 is 0. The van der Waals surface area contributed by atoms with Crippen molar-refractivity contribution in [1.29, 1.82) is 0 Å². The second kappa shape index (κ2) is 8.41. The predicted molar refractivity (Wildman–Crippen MR) is 88.1 cm³/mol. The van der Waals surface area contributed by atoms with Crippen molar-refractivity contribution in [3.63, 3.8) is 0 Å². The maximum absolute atomic E-state index is 12.6. The Morgan fingerprint density at radius 3 is 2.55 bits per heavy atom. The maximum atomic E-state index is 12.6. The molecule has 2 nitrogen and oxygen atoms in total. The highest BCUT2D eigenvalue weighted by Gasteiger charge is 2.35. The highest BCUT2D eigenvalue weighted by molar-refractivity contribution is 9.09. The van der Waals surface area contributed by atoms with Crippen molar-refractivity contribution < 1.29 is 4.79 Å². The number of alkyl halides is 1. The third kappa shape index (κ3) is 4.47. The van der Waals surface area contributed by atoms with Crippen molar-refractivity contribution in [2.75, 3.05) is 18.9 Å². The minimum Gasteiger partial charge on any atom is -0.346 e. The first kappa shape index (κ1) is 16.3. The summed E-state index contributed by atoms with van der Waals surface area (Å²) in [5.74, 6) is 2.55. The Morgan fingerprint density at radius 2 is 1.80 bits per heavy atom. The van der Waals surface area contributed by atoms with Gasteiger partial charge in [0.1, 0.15) is 0 Å². The maximum Gasteiger partial charge on any atom is 0.225 e. The number of amides is 1. The monoisotopic (exact) mass is 343 g/mol. The van der Waals surface area contributed by atoms with Gasteiger partial charge in [0, 0.05) is 24.8 Å². The molecule has 0 aromatic rings. The van der Waals surface area contributed by atoms with E-state index in [1.54, 1.807) is 0 Å². The molecule has 3 unspecified atom stereocenters. The molecular weight excluding hydrogens is 314 g/mol. The number of nitrogens with zero attached hydrogens (tertiary/aromatic N) is 1. The van der Waals surface area contributed by atoms with Crippen LogP contribution >= 0.6 is 15.9 Å². The van der Waals surface area contributed by atoms with Gasteiger partial charge in [0.05, 0.1) is 0 Å². The van der Waals surface area contributed by atoms with Crippen LogP contribution in [0.15, 0.2) is 0 Å². The van der Waals surface area contributed by atoms with E-state index in [9.17, 15) is 4.79 Å². The van der Waals surface area contributed by atoms with E-state index in [1.807, 2.05) is 11.9 Å². The van der Waals surface area contributed by atoms with Gasteiger partial charge in [-0.15, -0.1) is 0 Å². The fourth-order valence-corrected chi connectivity index (χ4v) is 4.54. The van der Waals surface area contributed by atoms with Crippen LogP contribution in [0.25, 0.3) is 0 Å². The summed E-state index contributed by atoms with van der Waals surface area (Å²) in [7, 11) is 2.00. The number of unbranched alkanes of at least 4 members (excludes halogenated alkanes) is 2. The molecule has 0 heterocycles. The zero-order chi connectivity index (χ0) is 14.4. The smallest absolute Gasteiger partial charge is 0.225 e. The standard InChI is InChI=1S/C17H30BrNO/c1-19(12-6-2-5-11-18)17(20)16-10-9-14-7-3-4-8-15(14)13-16/h14-16H,2-13H2,1H3. The van der Waals surface area contributed by atoms with Gasteiger partial charge in [0.25, 0.3) is 0 Å². The molecule has 2 rings (SSSR count). The lowest BCUT2D eigenvalue weighted by molar-refractivity contribution is -0.136. The van der Waals surface area contributed by atoms with Gasteiger partial charge in [-0.25, -0.2) is 0 Å². The molecule has 2 fully saturated rings. The minimum atomic E-state index is 0.329. The summed E-state index contributed by atoms with van der Waals surface area (Å²) >= 11 is 3.46. The second-order valence-electron chi connectivity index (χ2n) is 6.82. The number of halogens is 1. The van der Waals surface area contributed by atoms with Crippen molar-refractivity contribution >= 4 is 21.8 Å². The van der Waals surface area contributed by atoms with Gasteiger partial charge in [-0.3, -0.25) is 4.79 Å². The summed E-state index contributed by atoms with van der Waals surface area (Å²) in [6.45, 7) is 0.941. The Bertz CT molecular complexity index is 307. The van der Waals surface area contributed by atoms with Crippen LogP contribution in [0.1, 0.15) is 64.2 Å². The quantitative estimate of drug-likeness (QED) is 0.509. The van der Waals surface area contributed by atoms with Crippen LogP contribution in [0.4, 0.5) is 0 Å². The van der Waals surface area contributed by atoms with E-state index in [0.717, 1.165) is 36.6 Å². The van der Waals surface area contributed by atoms with E-state index < -0.39 is 0 Å². The van der Waals surface area contributed by atoms with Crippen LogP contribution < -0.4 is 0 Å². The molecule has 1 amide bonds. The first-order valence-corrected chi connectivity index (χ1v) is 9.65. The summed E-state index contributed by atoms with van der Waals surface area (Å²) in [5, 5.41) is 1.08.